The first-order chi connectivity index (χ1) is 7.22. The SMILES string of the molecule is C=C(F)/C=C(\C(=C)F)C(O)C(F)(F)CNC. The largest absolute Gasteiger partial charge is 0.382 e. The van der Waals surface area contributed by atoms with Crippen molar-refractivity contribution in [3.8, 4) is 0 Å². The average Bonchev–Trinajstić information content (AvgIpc) is 2.12. The molecule has 0 aliphatic rings. The maximum atomic E-state index is 13.2. The van der Waals surface area contributed by atoms with Gasteiger partial charge in [0.25, 0.3) is 5.92 Å². The van der Waals surface area contributed by atoms with Crippen LogP contribution in [-0.4, -0.2) is 30.7 Å². The van der Waals surface area contributed by atoms with Gasteiger partial charge in [-0.15, -0.1) is 0 Å². The van der Waals surface area contributed by atoms with Crippen molar-refractivity contribution in [3.05, 3.63) is 36.5 Å². The van der Waals surface area contributed by atoms with Crippen LogP contribution >= 0.6 is 0 Å². The average molecular weight is 239 g/mol. The van der Waals surface area contributed by atoms with E-state index >= 15 is 0 Å². The van der Waals surface area contributed by atoms with Gasteiger partial charge >= 0.3 is 0 Å². The monoisotopic (exact) mass is 239 g/mol. The van der Waals surface area contributed by atoms with Gasteiger partial charge in [-0.1, -0.05) is 13.2 Å². The molecule has 2 nitrogen and oxygen atoms in total. The van der Waals surface area contributed by atoms with Crippen LogP contribution in [0.5, 0.6) is 0 Å². The van der Waals surface area contributed by atoms with Crippen LogP contribution in [0.15, 0.2) is 36.5 Å². The fourth-order valence-electron chi connectivity index (χ4n) is 1.03. The summed E-state index contributed by atoms with van der Waals surface area (Å²) in [7, 11) is 1.24. The number of hydrogen-bond donors (Lipinski definition) is 2. The molecule has 0 spiro atoms. The molecule has 0 amide bonds. The number of aliphatic hydroxyl groups excluding tert-OH is 1. The molecule has 0 saturated carbocycles. The van der Waals surface area contributed by atoms with E-state index in [4.69, 9.17) is 0 Å². The van der Waals surface area contributed by atoms with E-state index < -0.39 is 35.8 Å². The van der Waals surface area contributed by atoms with E-state index in [1.807, 2.05) is 0 Å². The Morgan fingerprint density at radius 3 is 2.25 bits per heavy atom. The highest BCUT2D eigenvalue weighted by atomic mass is 19.3. The van der Waals surface area contributed by atoms with Gasteiger partial charge in [0, 0.05) is 5.57 Å². The van der Waals surface area contributed by atoms with E-state index in [1.165, 1.54) is 7.05 Å². The Kier molecular flexibility index (Phi) is 5.40. The first-order valence-electron chi connectivity index (χ1n) is 4.33. The second-order valence-electron chi connectivity index (χ2n) is 3.15. The first kappa shape index (κ1) is 14.9. The van der Waals surface area contributed by atoms with Crippen LogP contribution in [-0.2, 0) is 0 Å². The molecule has 0 aromatic heterocycles. The zero-order valence-corrected chi connectivity index (χ0v) is 8.74. The van der Waals surface area contributed by atoms with Gasteiger partial charge in [-0.05, 0) is 13.1 Å². The summed E-state index contributed by atoms with van der Waals surface area (Å²) >= 11 is 0. The topological polar surface area (TPSA) is 32.3 Å². The van der Waals surface area contributed by atoms with Crippen molar-refractivity contribution in [3.63, 3.8) is 0 Å². The van der Waals surface area contributed by atoms with Crippen LogP contribution in [0.1, 0.15) is 0 Å². The predicted octanol–water partition coefficient (Wildman–Crippen LogP) is 2.09. The number of rotatable bonds is 6. The highest BCUT2D eigenvalue weighted by Crippen LogP contribution is 2.28. The highest BCUT2D eigenvalue weighted by Gasteiger charge is 2.40. The van der Waals surface area contributed by atoms with Crippen LogP contribution in [0.25, 0.3) is 0 Å². The van der Waals surface area contributed by atoms with Gasteiger partial charge < -0.3 is 10.4 Å². The molecule has 1 unspecified atom stereocenters. The number of halogens is 4. The lowest BCUT2D eigenvalue weighted by molar-refractivity contribution is -0.0872. The molecule has 0 aliphatic heterocycles. The second-order valence-corrected chi connectivity index (χ2v) is 3.15. The zero-order chi connectivity index (χ0) is 12.9. The number of alkyl halides is 2. The van der Waals surface area contributed by atoms with Gasteiger partial charge in [-0.25, -0.2) is 17.6 Å². The van der Waals surface area contributed by atoms with E-state index in [9.17, 15) is 22.7 Å². The van der Waals surface area contributed by atoms with Gasteiger partial charge in [0.15, 0.2) is 0 Å². The normalized spacial score (nSPS) is 14.8. The van der Waals surface area contributed by atoms with Crippen LogP contribution < -0.4 is 5.32 Å². The van der Waals surface area contributed by atoms with Crippen molar-refractivity contribution in [1.82, 2.24) is 5.32 Å². The van der Waals surface area contributed by atoms with E-state index in [2.05, 4.69) is 18.5 Å². The summed E-state index contributed by atoms with van der Waals surface area (Å²) in [6, 6.07) is 0. The minimum absolute atomic E-state index is 0.385. The summed E-state index contributed by atoms with van der Waals surface area (Å²) in [6.45, 7) is 4.63. The van der Waals surface area contributed by atoms with Crippen molar-refractivity contribution in [1.29, 1.82) is 0 Å². The predicted molar refractivity (Wildman–Crippen MR) is 53.5 cm³/mol. The Morgan fingerprint density at radius 1 is 1.44 bits per heavy atom. The molecule has 0 rings (SSSR count). The summed E-state index contributed by atoms with van der Waals surface area (Å²) in [5, 5.41) is 11.4. The number of aliphatic hydroxyl groups is 1. The van der Waals surface area contributed by atoms with Gasteiger partial charge in [-0.2, -0.15) is 0 Å². The van der Waals surface area contributed by atoms with E-state index in [0.29, 0.717) is 6.08 Å². The Hall–Kier alpha value is -1.14. The third kappa shape index (κ3) is 4.16. The van der Waals surface area contributed by atoms with Crippen molar-refractivity contribution >= 4 is 0 Å². The first-order valence-corrected chi connectivity index (χ1v) is 4.33. The maximum absolute atomic E-state index is 13.2. The smallest absolute Gasteiger partial charge is 0.289 e. The van der Waals surface area contributed by atoms with E-state index in [1.54, 1.807) is 0 Å². The van der Waals surface area contributed by atoms with Crippen molar-refractivity contribution in [2.75, 3.05) is 13.6 Å². The van der Waals surface area contributed by atoms with Gasteiger partial charge in [-0.3, -0.25) is 0 Å². The Balaban J connectivity index is 5.10. The lowest BCUT2D eigenvalue weighted by Crippen LogP contribution is -2.43. The fraction of sp³-hybridized carbons (Fsp3) is 0.400. The Labute approximate surface area is 91.0 Å². The van der Waals surface area contributed by atoms with E-state index in [0.717, 1.165) is 0 Å². The number of nitrogens with one attached hydrogen (secondary N) is 1. The second kappa shape index (κ2) is 5.81. The molecule has 0 heterocycles. The van der Waals surface area contributed by atoms with Crippen LogP contribution in [0, 0.1) is 0 Å². The van der Waals surface area contributed by atoms with Crippen molar-refractivity contribution in [2.24, 2.45) is 0 Å². The molecule has 0 radical (unpaired) electrons. The molecule has 0 aromatic rings. The molecule has 6 heteroatoms. The highest BCUT2D eigenvalue weighted by molar-refractivity contribution is 5.33. The molecule has 0 fully saturated rings. The molecular formula is C10H13F4NO. The number of allylic oxidation sites excluding steroid dienone is 2. The summed E-state index contributed by atoms with van der Waals surface area (Å²) in [4.78, 5) is 0. The molecule has 1 atom stereocenters. The standard InChI is InChI=1S/C10H13F4NO/c1-6(11)4-8(7(2)12)9(16)10(13,14)5-15-3/h4,9,15-16H,1-2,5H2,3H3/b8-4+. The third-order valence-electron chi connectivity index (χ3n) is 1.73. The maximum Gasteiger partial charge on any atom is 0.289 e. The quantitative estimate of drug-likeness (QED) is 0.549. The van der Waals surface area contributed by atoms with Gasteiger partial charge in [0.2, 0.25) is 0 Å². The molecule has 0 saturated heterocycles. The molecule has 0 bridgehead atoms. The Morgan fingerprint density at radius 2 is 1.94 bits per heavy atom. The molecule has 0 aromatic carbocycles. The summed E-state index contributed by atoms with van der Waals surface area (Å²) in [6.07, 6.45) is -2.10. The molecular weight excluding hydrogens is 226 g/mol. The Bertz CT molecular complexity index is 312. The molecule has 2 N–H and O–H groups in total. The van der Waals surface area contributed by atoms with Crippen molar-refractivity contribution in [2.45, 2.75) is 12.0 Å². The van der Waals surface area contributed by atoms with Gasteiger partial charge in [0.05, 0.1) is 6.54 Å². The van der Waals surface area contributed by atoms with Crippen LogP contribution in [0.3, 0.4) is 0 Å². The lowest BCUT2D eigenvalue weighted by atomic mass is 10.0. The lowest BCUT2D eigenvalue weighted by Gasteiger charge is -2.23. The summed E-state index contributed by atoms with van der Waals surface area (Å²) in [5.74, 6) is -6.11. The molecule has 92 valence electrons. The van der Waals surface area contributed by atoms with Gasteiger partial charge in [0.1, 0.15) is 17.8 Å². The van der Waals surface area contributed by atoms with Crippen LogP contribution in [0.4, 0.5) is 17.6 Å². The summed E-state index contributed by atoms with van der Waals surface area (Å²) in [5.41, 5.74) is -0.923. The van der Waals surface area contributed by atoms with Crippen LogP contribution in [0.2, 0.25) is 0 Å². The number of hydrogen-bond acceptors (Lipinski definition) is 2. The minimum atomic E-state index is -3.63. The van der Waals surface area contributed by atoms with Crippen molar-refractivity contribution < 1.29 is 22.7 Å². The third-order valence-corrected chi connectivity index (χ3v) is 1.73. The fourth-order valence-corrected chi connectivity index (χ4v) is 1.03. The van der Waals surface area contributed by atoms with E-state index in [-0.39, 0.29) is 0 Å². The molecule has 0 aliphatic carbocycles. The zero-order valence-electron chi connectivity index (χ0n) is 8.74. The minimum Gasteiger partial charge on any atom is -0.382 e. The summed E-state index contributed by atoms with van der Waals surface area (Å²) < 4.78 is 51.5. The molecule has 16 heavy (non-hydrogen) atoms.